The summed E-state index contributed by atoms with van der Waals surface area (Å²) in [7, 11) is -0.667. The van der Waals surface area contributed by atoms with Crippen LogP contribution >= 0.6 is 0 Å². The zero-order chi connectivity index (χ0) is 14.0. The standard InChI is InChI=1S/C18H22OS/c19-20(15-7-13-17-9-3-1-4-10-17)16-8-14-18-11-5-2-6-12-18/h1-6,9-12H,7-8,13-16H2. The van der Waals surface area contributed by atoms with E-state index in [1.54, 1.807) is 0 Å². The highest BCUT2D eigenvalue weighted by Gasteiger charge is 2.01. The maximum atomic E-state index is 11.9. The van der Waals surface area contributed by atoms with Crippen LogP contribution in [0.1, 0.15) is 24.0 Å². The van der Waals surface area contributed by atoms with E-state index in [2.05, 4.69) is 48.5 Å². The van der Waals surface area contributed by atoms with Gasteiger partial charge in [0.25, 0.3) is 0 Å². The molecule has 0 N–H and O–H groups in total. The van der Waals surface area contributed by atoms with Gasteiger partial charge in [0.15, 0.2) is 0 Å². The highest BCUT2D eigenvalue weighted by atomic mass is 32.2. The average Bonchev–Trinajstić information content (AvgIpc) is 2.49. The van der Waals surface area contributed by atoms with E-state index in [4.69, 9.17) is 0 Å². The van der Waals surface area contributed by atoms with E-state index in [0.717, 1.165) is 37.2 Å². The van der Waals surface area contributed by atoms with Gasteiger partial charge in [0.1, 0.15) is 0 Å². The van der Waals surface area contributed by atoms with Gasteiger partial charge in [-0.2, -0.15) is 0 Å². The molecule has 0 radical (unpaired) electrons. The Morgan fingerprint density at radius 2 is 1.05 bits per heavy atom. The summed E-state index contributed by atoms with van der Waals surface area (Å²) in [6, 6.07) is 20.9. The van der Waals surface area contributed by atoms with Crippen LogP contribution < -0.4 is 0 Å². The molecule has 0 aromatic heterocycles. The number of aryl methyl sites for hydroxylation is 2. The first kappa shape index (κ1) is 15.0. The molecule has 2 rings (SSSR count). The molecule has 0 saturated carbocycles. The van der Waals surface area contributed by atoms with Crippen molar-refractivity contribution in [1.29, 1.82) is 0 Å². The fraction of sp³-hybridized carbons (Fsp3) is 0.333. The van der Waals surface area contributed by atoms with Crippen molar-refractivity contribution in [3.63, 3.8) is 0 Å². The van der Waals surface area contributed by atoms with Crippen molar-refractivity contribution < 1.29 is 4.21 Å². The van der Waals surface area contributed by atoms with Crippen LogP contribution in [0.2, 0.25) is 0 Å². The molecule has 20 heavy (non-hydrogen) atoms. The Morgan fingerprint density at radius 3 is 1.45 bits per heavy atom. The molecule has 2 heteroatoms. The average molecular weight is 286 g/mol. The second kappa shape index (κ2) is 8.70. The van der Waals surface area contributed by atoms with Gasteiger partial charge < -0.3 is 0 Å². The Bertz CT molecular complexity index is 460. The van der Waals surface area contributed by atoms with Crippen LogP contribution in [0.15, 0.2) is 60.7 Å². The predicted molar refractivity (Wildman–Crippen MR) is 87.4 cm³/mol. The van der Waals surface area contributed by atoms with Crippen molar-refractivity contribution in [2.24, 2.45) is 0 Å². The van der Waals surface area contributed by atoms with Crippen LogP contribution in [0.25, 0.3) is 0 Å². The van der Waals surface area contributed by atoms with Gasteiger partial charge >= 0.3 is 0 Å². The topological polar surface area (TPSA) is 17.1 Å². The highest BCUT2D eigenvalue weighted by molar-refractivity contribution is 7.84. The fourth-order valence-corrected chi connectivity index (χ4v) is 3.40. The first-order valence-corrected chi connectivity index (χ1v) is 8.76. The molecule has 1 nitrogen and oxygen atoms in total. The smallest absolute Gasteiger partial charge is 0.0238 e. The van der Waals surface area contributed by atoms with Crippen LogP contribution in [0, 0.1) is 0 Å². The van der Waals surface area contributed by atoms with Crippen molar-refractivity contribution in [3.05, 3.63) is 71.8 Å². The lowest BCUT2D eigenvalue weighted by Crippen LogP contribution is -2.05. The fourth-order valence-electron chi connectivity index (χ4n) is 2.27. The molecular formula is C18H22OS. The third-order valence-electron chi connectivity index (χ3n) is 3.36. The maximum Gasteiger partial charge on any atom is 0.0238 e. The summed E-state index contributed by atoms with van der Waals surface area (Å²) in [5.74, 6) is 1.65. The molecule has 0 aliphatic carbocycles. The van der Waals surface area contributed by atoms with E-state index < -0.39 is 10.8 Å². The lowest BCUT2D eigenvalue weighted by Gasteiger charge is -2.03. The lowest BCUT2D eigenvalue weighted by molar-refractivity contribution is 0.677. The zero-order valence-corrected chi connectivity index (χ0v) is 12.6. The molecule has 0 saturated heterocycles. The summed E-state index contributed by atoms with van der Waals surface area (Å²) in [5.41, 5.74) is 2.68. The van der Waals surface area contributed by atoms with E-state index in [9.17, 15) is 4.21 Å². The number of hydrogen-bond acceptors (Lipinski definition) is 1. The molecular weight excluding hydrogens is 264 g/mol. The molecule has 2 aromatic rings. The van der Waals surface area contributed by atoms with Crippen molar-refractivity contribution in [2.75, 3.05) is 11.5 Å². The summed E-state index contributed by atoms with van der Waals surface area (Å²) in [5, 5.41) is 0. The monoisotopic (exact) mass is 286 g/mol. The van der Waals surface area contributed by atoms with E-state index in [0.29, 0.717) is 0 Å². The van der Waals surface area contributed by atoms with Crippen LogP contribution in [0.5, 0.6) is 0 Å². The second-order valence-corrected chi connectivity index (χ2v) is 6.72. The van der Waals surface area contributed by atoms with Crippen LogP contribution in [-0.4, -0.2) is 15.7 Å². The molecule has 2 aromatic carbocycles. The minimum Gasteiger partial charge on any atom is -0.260 e. The number of hydrogen-bond donors (Lipinski definition) is 0. The van der Waals surface area contributed by atoms with E-state index in [1.807, 2.05) is 12.1 Å². The molecule has 0 atom stereocenters. The number of benzene rings is 2. The Hall–Kier alpha value is -1.41. The molecule has 0 bridgehead atoms. The van der Waals surface area contributed by atoms with Gasteiger partial charge in [-0.3, -0.25) is 4.21 Å². The van der Waals surface area contributed by atoms with Gasteiger partial charge in [-0.15, -0.1) is 0 Å². The zero-order valence-electron chi connectivity index (χ0n) is 11.8. The SMILES string of the molecule is O=S(CCCc1ccccc1)CCCc1ccccc1. The van der Waals surface area contributed by atoms with Crippen LogP contribution in [0.4, 0.5) is 0 Å². The van der Waals surface area contributed by atoms with Gasteiger partial charge in [0.05, 0.1) is 0 Å². The lowest BCUT2D eigenvalue weighted by atomic mass is 10.1. The van der Waals surface area contributed by atoms with Gasteiger partial charge in [0, 0.05) is 22.3 Å². The molecule has 106 valence electrons. The molecule has 0 spiro atoms. The normalized spacial score (nSPS) is 10.8. The van der Waals surface area contributed by atoms with E-state index >= 15 is 0 Å². The van der Waals surface area contributed by atoms with Crippen molar-refractivity contribution >= 4 is 10.8 Å². The summed E-state index contributed by atoms with van der Waals surface area (Å²) < 4.78 is 11.9. The van der Waals surface area contributed by atoms with E-state index in [-0.39, 0.29) is 0 Å². The summed E-state index contributed by atoms with van der Waals surface area (Å²) in [4.78, 5) is 0. The first-order valence-electron chi connectivity index (χ1n) is 7.27. The van der Waals surface area contributed by atoms with Crippen LogP contribution in [0.3, 0.4) is 0 Å². The minimum absolute atomic E-state index is 0.667. The summed E-state index contributed by atoms with van der Waals surface area (Å²) in [6.07, 6.45) is 4.10. The van der Waals surface area contributed by atoms with E-state index in [1.165, 1.54) is 11.1 Å². The predicted octanol–water partition coefficient (Wildman–Crippen LogP) is 4.00. The second-order valence-electron chi connectivity index (χ2n) is 5.03. The van der Waals surface area contributed by atoms with Crippen molar-refractivity contribution in [2.45, 2.75) is 25.7 Å². The highest BCUT2D eigenvalue weighted by Crippen LogP contribution is 2.06. The summed E-state index contributed by atoms with van der Waals surface area (Å²) in [6.45, 7) is 0. The first-order chi connectivity index (χ1) is 9.84. The molecule has 0 amide bonds. The Morgan fingerprint density at radius 1 is 0.650 bits per heavy atom. The summed E-state index contributed by atoms with van der Waals surface area (Å²) >= 11 is 0. The molecule has 0 aliphatic rings. The third kappa shape index (κ3) is 5.70. The Kier molecular flexibility index (Phi) is 6.52. The molecule has 0 aliphatic heterocycles. The Balaban J connectivity index is 1.59. The quantitative estimate of drug-likeness (QED) is 0.717. The molecule has 0 unspecified atom stereocenters. The molecule has 0 fully saturated rings. The molecule has 0 heterocycles. The van der Waals surface area contributed by atoms with Crippen molar-refractivity contribution in [3.8, 4) is 0 Å². The Labute approximate surface area is 124 Å². The van der Waals surface area contributed by atoms with Crippen LogP contribution in [-0.2, 0) is 23.6 Å². The van der Waals surface area contributed by atoms with Gasteiger partial charge in [-0.25, -0.2) is 0 Å². The minimum atomic E-state index is -0.667. The van der Waals surface area contributed by atoms with Gasteiger partial charge in [0.2, 0.25) is 0 Å². The largest absolute Gasteiger partial charge is 0.260 e. The van der Waals surface area contributed by atoms with Gasteiger partial charge in [-0.1, -0.05) is 60.7 Å². The number of rotatable bonds is 8. The maximum absolute atomic E-state index is 11.9. The third-order valence-corrected chi connectivity index (χ3v) is 4.85. The van der Waals surface area contributed by atoms with Crippen molar-refractivity contribution in [1.82, 2.24) is 0 Å². The van der Waals surface area contributed by atoms with Gasteiger partial charge in [-0.05, 0) is 36.8 Å².